The first-order chi connectivity index (χ1) is 6.07. The molecule has 0 fully saturated rings. The fraction of sp³-hybridized carbons (Fsp3) is 0.889. The van der Waals surface area contributed by atoms with Crippen LogP contribution in [0, 0.1) is 0 Å². The molecule has 0 saturated heterocycles. The predicted molar refractivity (Wildman–Crippen MR) is 50.6 cm³/mol. The lowest BCUT2D eigenvalue weighted by Crippen LogP contribution is -2.31. The molecule has 0 heterocycles. The molecule has 0 aromatic carbocycles. The van der Waals surface area contributed by atoms with Gasteiger partial charge in [-0.1, -0.05) is 13.3 Å². The van der Waals surface area contributed by atoms with Crippen LogP contribution in [0.5, 0.6) is 0 Å². The van der Waals surface area contributed by atoms with Gasteiger partial charge in [0.2, 0.25) is 0 Å². The van der Waals surface area contributed by atoms with Gasteiger partial charge in [-0.2, -0.15) is 0 Å². The molecule has 0 aliphatic carbocycles. The average Bonchev–Trinajstić information content (AvgIpc) is 2.04. The third-order valence-electron chi connectivity index (χ3n) is 1.84. The maximum absolute atomic E-state index is 10.3. The van der Waals surface area contributed by atoms with Crippen LogP contribution in [-0.2, 0) is 9.53 Å². The Morgan fingerprint density at radius 3 is 2.62 bits per heavy atom. The van der Waals surface area contributed by atoms with E-state index in [1.807, 2.05) is 6.92 Å². The summed E-state index contributed by atoms with van der Waals surface area (Å²) in [6.45, 7) is 4.49. The molecule has 0 rings (SSSR count). The number of ether oxygens (including phenoxy) is 1. The maximum atomic E-state index is 10.3. The van der Waals surface area contributed by atoms with Gasteiger partial charge < -0.3 is 15.6 Å². The van der Waals surface area contributed by atoms with Gasteiger partial charge in [-0.15, -0.1) is 0 Å². The van der Waals surface area contributed by atoms with Gasteiger partial charge in [0.15, 0.2) is 0 Å². The molecule has 0 spiro atoms. The van der Waals surface area contributed by atoms with Gasteiger partial charge in [-0.05, 0) is 19.8 Å². The molecule has 3 N–H and O–H groups in total. The van der Waals surface area contributed by atoms with Gasteiger partial charge in [0.1, 0.15) is 6.04 Å². The zero-order valence-corrected chi connectivity index (χ0v) is 8.32. The maximum Gasteiger partial charge on any atom is 0.320 e. The lowest BCUT2D eigenvalue weighted by molar-refractivity contribution is -0.139. The highest BCUT2D eigenvalue weighted by molar-refractivity contribution is 5.72. The Labute approximate surface area is 79.1 Å². The second kappa shape index (κ2) is 6.86. The van der Waals surface area contributed by atoms with Crippen LogP contribution in [0.25, 0.3) is 0 Å². The number of hydrogen-bond acceptors (Lipinski definition) is 3. The lowest BCUT2D eigenvalue weighted by Gasteiger charge is -2.12. The molecule has 0 saturated carbocycles. The molecule has 0 aliphatic rings. The topological polar surface area (TPSA) is 72.5 Å². The Bertz CT molecular complexity index is 150. The molecule has 0 aromatic rings. The van der Waals surface area contributed by atoms with Crippen molar-refractivity contribution < 1.29 is 14.6 Å². The molecule has 0 aromatic heterocycles. The molecule has 4 nitrogen and oxygen atoms in total. The van der Waals surface area contributed by atoms with Crippen molar-refractivity contribution in [2.45, 2.75) is 45.3 Å². The standard InChI is InChI=1S/C9H19NO3/c1-3-4-7(2)13-6-5-8(10)9(11)12/h7-8H,3-6,10H2,1-2H3,(H,11,12). The van der Waals surface area contributed by atoms with Gasteiger partial charge in [-0.3, -0.25) is 4.79 Å². The Kier molecular flexibility index (Phi) is 6.54. The number of nitrogens with two attached hydrogens (primary N) is 1. The number of aliphatic carboxylic acids is 1. The van der Waals surface area contributed by atoms with E-state index in [9.17, 15) is 4.79 Å². The number of carbonyl (C=O) groups is 1. The second-order valence-electron chi connectivity index (χ2n) is 3.20. The summed E-state index contributed by atoms with van der Waals surface area (Å²) in [6, 6.07) is -0.797. The zero-order valence-electron chi connectivity index (χ0n) is 8.32. The molecule has 4 heteroatoms. The van der Waals surface area contributed by atoms with Gasteiger partial charge >= 0.3 is 5.97 Å². The Morgan fingerprint density at radius 1 is 1.54 bits per heavy atom. The summed E-state index contributed by atoms with van der Waals surface area (Å²) in [4.78, 5) is 10.3. The molecule has 0 radical (unpaired) electrons. The fourth-order valence-corrected chi connectivity index (χ4v) is 1.01. The van der Waals surface area contributed by atoms with Crippen molar-refractivity contribution in [1.29, 1.82) is 0 Å². The van der Waals surface area contributed by atoms with E-state index in [-0.39, 0.29) is 6.10 Å². The number of hydrogen-bond donors (Lipinski definition) is 2. The monoisotopic (exact) mass is 189 g/mol. The normalized spacial score (nSPS) is 15.3. The van der Waals surface area contributed by atoms with Crippen molar-refractivity contribution in [1.82, 2.24) is 0 Å². The van der Waals surface area contributed by atoms with E-state index in [1.54, 1.807) is 0 Å². The highest BCUT2D eigenvalue weighted by Crippen LogP contribution is 2.01. The van der Waals surface area contributed by atoms with E-state index in [4.69, 9.17) is 15.6 Å². The van der Waals surface area contributed by atoms with Crippen LogP contribution in [0.3, 0.4) is 0 Å². The van der Waals surface area contributed by atoms with E-state index in [0.717, 1.165) is 12.8 Å². The summed E-state index contributed by atoms with van der Waals surface area (Å²) in [7, 11) is 0. The van der Waals surface area contributed by atoms with E-state index in [1.165, 1.54) is 0 Å². The van der Waals surface area contributed by atoms with E-state index in [2.05, 4.69) is 6.92 Å². The summed E-state index contributed by atoms with van der Waals surface area (Å²) < 4.78 is 5.36. The first-order valence-electron chi connectivity index (χ1n) is 4.68. The zero-order chi connectivity index (χ0) is 10.3. The first-order valence-corrected chi connectivity index (χ1v) is 4.68. The smallest absolute Gasteiger partial charge is 0.320 e. The molecule has 13 heavy (non-hydrogen) atoms. The SMILES string of the molecule is CCCC(C)OCCC(N)C(=O)O. The predicted octanol–water partition coefficient (Wildman–Crippen LogP) is 0.994. The van der Waals surface area contributed by atoms with Crippen LogP contribution >= 0.6 is 0 Å². The van der Waals surface area contributed by atoms with Crippen molar-refractivity contribution >= 4 is 5.97 Å². The summed E-state index contributed by atoms with van der Waals surface area (Å²) >= 11 is 0. The minimum atomic E-state index is -0.966. The fourth-order valence-electron chi connectivity index (χ4n) is 1.01. The second-order valence-corrected chi connectivity index (χ2v) is 3.20. The Morgan fingerprint density at radius 2 is 2.15 bits per heavy atom. The first kappa shape index (κ1) is 12.4. The highest BCUT2D eigenvalue weighted by atomic mass is 16.5. The minimum absolute atomic E-state index is 0.200. The van der Waals surface area contributed by atoms with E-state index >= 15 is 0 Å². The summed E-state index contributed by atoms with van der Waals surface area (Å²) in [5.41, 5.74) is 5.30. The van der Waals surface area contributed by atoms with Gasteiger partial charge in [0.25, 0.3) is 0 Å². The number of carboxylic acid groups (broad SMARTS) is 1. The van der Waals surface area contributed by atoms with Crippen molar-refractivity contribution in [3.05, 3.63) is 0 Å². The Balaban J connectivity index is 3.39. The Hall–Kier alpha value is -0.610. The lowest BCUT2D eigenvalue weighted by atomic mass is 10.2. The molecule has 0 aliphatic heterocycles. The molecule has 2 unspecified atom stereocenters. The summed E-state index contributed by atoms with van der Waals surface area (Å²) in [6.07, 6.45) is 2.66. The van der Waals surface area contributed by atoms with Crippen molar-refractivity contribution in [3.8, 4) is 0 Å². The van der Waals surface area contributed by atoms with Gasteiger partial charge in [0.05, 0.1) is 6.10 Å². The largest absolute Gasteiger partial charge is 0.480 e. The molecular weight excluding hydrogens is 170 g/mol. The number of rotatable bonds is 7. The molecular formula is C9H19NO3. The minimum Gasteiger partial charge on any atom is -0.480 e. The third-order valence-corrected chi connectivity index (χ3v) is 1.84. The van der Waals surface area contributed by atoms with Crippen molar-refractivity contribution in [2.75, 3.05) is 6.61 Å². The van der Waals surface area contributed by atoms with Crippen LogP contribution in [0.4, 0.5) is 0 Å². The molecule has 0 bridgehead atoms. The third kappa shape index (κ3) is 6.54. The van der Waals surface area contributed by atoms with Crippen molar-refractivity contribution in [3.63, 3.8) is 0 Å². The number of carboxylic acids is 1. The van der Waals surface area contributed by atoms with Crippen LogP contribution in [-0.4, -0.2) is 29.8 Å². The average molecular weight is 189 g/mol. The molecule has 2 atom stereocenters. The van der Waals surface area contributed by atoms with Crippen LogP contribution < -0.4 is 5.73 Å². The van der Waals surface area contributed by atoms with Crippen LogP contribution in [0.2, 0.25) is 0 Å². The van der Waals surface area contributed by atoms with Crippen LogP contribution in [0.1, 0.15) is 33.1 Å². The molecule has 78 valence electrons. The van der Waals surface area contributed by atoms with Gasteiger partial charge in [-0.25, -0.2) is 0 Å². The highest BCUT2D eigenvalue weighted by Gasteiger charge is 2.11. The van der Waals surface area contributed by atoms with Crippen LogP contribution in [0.15, 0.2) is 0 Å². The summed E-state index contributed by atoms with van der Waals surface area (Å²) in [5.74, 6) is -0.966. The summed E-state index contributed by atoms with van der Waals surface area (Å²) in [5, 5.41) is 8.47. The van der Waals surface area contributed by atoms with Gasteiger partial charge in [0, 0.05) is 6.61 Å². The molecule has 0 amide bonds. The van der Waals surface area contributed by atoms with E-state index < -0.39 is 12.0 Å². The quantitative estimate of drug-likeness (QED) is 0.626. The van der Waals surface area contributed by atoms with E-state index in [0.29, 0.717) is 13.0 Å². The van der Waals surface area contributed by atoms with Crippen molar-refractivity contribution in [2.24, 2.45) is 5.73 Å².